The monoisotopic (exact) mass is 546 g/mol. The van der Waals surface area contributed by atoms with Gasteiger partial charge in [-0.2, -0.15) is 0 Å². The Morgan fingerprint density at radius 2 is 1.79 bits per heavy atom. The number of rotatable bonds is 13. The molecular formula is C32H54O5Si. The molecule has 0 unspecified atom stereocenters. The molecule has 5 nitrogen and oxygen atoms in total. The van der Waals surface area contributed by atoms with Crippen LogP contribution in [0, 0.1) is 11.8 Å². The van der Waals surface area contributed by atoms with Crippen LogP contribution in [-0.2, 0) is 30.0 Å². The number of hydrogen-bond donors (Lipinski definition) is 0. The summed E-state index contributed by atoms with van der Waals surface area (Å²) in [4.78, 5) is 0. The van der Waals surface area contributed by atoms with Crippen molar-refractivity contribution >= 4 is 8.32 Å². The van der Waals surface area contributed by atoms with E-state index >= 15 is 0 Å². The summed E-state index contributed by atoms with van der Waals surface area (Å²) in [6, 6.07) is 10.3. The Bertz CT molecular complexity index is 902. The van der Waals surface area contributed by atoms with Crippen molar-refractivity contribution < 1.29 is 23.4 Å². The van der Waals surface area contributed by atoms with E-state index in [1.54, 1.807) is 0 Å². The molecule has 1 fully saturated rings. The Kier molecular flexibility index (Phi) is 11.7. The highest BCUT2D eigenvalue weighted by Gasteiger charge is 2.46. The topological polar surface area (TPSA) is 46.2 Å². The first-order chi connectivity index (χ1) is 17.6. The lowest BCUT2D eigenvalue weighted by molar-refractivity contribution is -0.331. The fraction of sp³-hybridized carbons (Fsp3) is 0.688. The minimum atomic E-state index is -2.06. The summed E-state index contributed by atoms with van der Waals surface area (Å²) in [6.45, 7) is 29.3. The molecule has 0 aliphatic carbocycles. The molecule has 0 amide bonds. The van der Waals surface area contributed by atoms with Gasteiger partial charge in [0.25, 0.3) is 14.3 Å². The Morgan fingerprint density at radius 3 is 2.34 bits per heavy atom. The number of benzene rings is 1. The Balaban J connectivity index is 2.14. The summed E-state index contributed by atoms with van der Waals surface area (Å²) < 4.78 is 32.2. The summed E-state index contributed by atoms with van der Waals surface area (Å²) in [7, 11) is -2.06. The van der Waals surface area contributed by atoms with E-state index < -0.39 is 14.1 Å². The predicted molar refractivity (Wildman–Crippen MR) is 159 cm³/mol. The first kappa shape index (κ1) is 32.6. The maximum absolute atomic E-state index is 6.63. The van der Waals surface area contributed by atoms with Crippen LogP contribution in [0.3, 0.4) is 0 Å². The maximum Gasteiger partial charge on any atom is 0.261 e. The first-order valence-electron chi connectivity index (χ1n) is 14.3. The third kappa shape index (κ3) is 9.25. The van der Waals surface area contributed by atoms with E-state index in [1.807, 2.05) is 45.0 Å². The molecule has 2 rings (SSSR count). The molecule has 6 heteroatoms. The van der Waals surface area contributed by atoms with Crippen molar-refractivity contribution in [1.29, 1.82) is 0 Å². The molecule has 0 N–H and O–H groups in total. The Labute approximate surface area is 234 Å². The van der Waals surface area contributed by atoms with E-state index in [1.165, 1.54) is 5.56 Å². The predicted octanol–water partition coefficient (Wildman–Crippen LogP) is 8.62. The molecule has 0 radical (unpaired) electrons. The normalized spacial score (nSPS) is 24.0. The number of ether oxygens (including phenoxy) is 4. The Hall–Kier alpha value is -1.60. The number of allylic oxidation sites excluding steroid dienone is 1. The van der Waals surface area contributed by atoms with E-state index in [9.17, 15) is 0 Å². The van der Waals surface area contributed by atoms with Crippen molar-refractivity contribution in [2.75, 3.05) is 6.61 Å². The van der Waals surface area contributed by atoms with Gasteiger partial charge in [-0.15, -0.1) is 0 Å². The van der Waals surface area contributed by atoms with E-state index in [4.69, 9.17) is 23.4 Å². The van der Waals surface area contributed by atoms with Crippen molar-refractivity contribution in [2.24, 2.45) is 11.8 Å². The third-order valence-corrected chi connectivity index (χ3v) is 12.2. The molecule has 1 heterocycles. The van der Waals surface area contributed by atoms with Gasteiger partial charge >= 0.3 is 0 Å². The zero-order valence-corrected chi connectivity index (χ0v) is 26.9. The molecule has 0 bridgehead atoms. The minimum absolute atomic E-state index is 0.0156. The summed E-state index contributed by atoms with van der Waals surface area (Å²) >= 11 is 0. The van der Waals surface area contributed by atoms with E-state index in [0.29, 0.717) is 19.2 Å². The van der Waals surface area contributed by atoms with Crippen molar-refractivity contribution in [3.05, 3.63) is 60.1 Å². The molecule has 1 aliphatic rings. The summed E-state index contributed by atoms with van der Waals surface area (Å²) in [5.74, 6) is 0.115. The molecule has 1 aromatic rings. The van der Waals surface area contributed by atoms with Gasteiger partial charge in [0.05, 0.1) is 18.8 Å². The molecule has 216 valence electrons. The van der Waals surface area contributed by atoms with Crippen LogP contribution in [0.4, 0.5) is 0 Å². The van der Waals surface area contributed by atoms with Crippen LogP contribution in [-0.4, -0.2) is 39.0 Å². The van der Waals surface area contributed by atoms with Crippen LogP contribution in [0.2, 0.25) is 18.1 Å². The van der Waals surface area contributed by atoms with Gasteiger partial charge in [0, 0.05) is 18.4 Å². The second-order valence-electron chi connectivity index (χ2n) is 12.9. The van der Waals surface area contributed by atoms with E-state index in [-0.39, 0.29) is 35.2 Å². The van der Waals surface area contributed by atoms with Crippen LogP contribution >= 0.6 is 0 Å². The third-order valence-electron chi connectivity index (χ3n) is 7.88. The molecular weight excluding hydrogens is 492 g/mol. The lowest BCUT2D eigenvalue weighted by Crippen LogP contribution is -2.54. The largest absolute Gasteiger partial charge is 0.519 e. The second-order valence-corrected chi connectivity index (χ2v) is 17.6. The average Bonchev–Trinajstić information content (AvgIpc) is 2.81. The molecule has 1 aliphatic heterocycles. The van der Waals surface area contributed by atoms with E-state index in [0.717, 1.165) is 18.4 Å². The Morgan fingerprint density at radius 1 is 1.16 bits per heavy atom. The molecule has 0 aromatic heterocycles. The quantitative estimate of drug-likeness (QED) is 0.107. The van der Waals surface area contributed by atoms with Gasteiger partial charge in [-0.3, -0.25) is 0 Å². The standard InChI is InChI=1S/C32H54O5Si/c1-13-17-28(37-38(11,12)31(6,7)8)34-29(23(2)3)25(5)30-24(4)27(35-32(9,10)36-30)20-21-33-22-26-18-15-14-16-19-26/h14-19,24-25,27,29-30H,2,13,20-22H2,1,3-12H3/b28-17-/t24-,25+,27-,29-,30-/m0/s1. The molecule has 1 aromatic carbocycles. The van der Waals surface area contributed by atoms with Crippen molar-refractivity contribution in [3.63, 3.8) is 0 Å². The fourth-order valence-electron chi connectivity index (χ4n) is 4.66. The SMILES string of the molecule is C=C(C)[C@H](O/C(=C/CC)O[Si](C)(C)C(C)(C)C)[C@@H](C)[C@H]1OC(C)(C)O[C@@H](CCOCc2ccccc2)[C@@H]1C. The number of hydrogen-bond acceptors (Lipinski definition) is 5. The second kappa shape index (κ2) is 13.6. The van der Waals surface area contributed by atoms with Crippen LogP contribution in [0.1, 0.15) is 80.7 Å². The highest BCUT2D eigenvalue weighted by atomic mass is 28.4. The van der Waals surface area contributed by atoms with Crippen molar-refractivity contribution in [1.82, 2.24) is 0 Å². The van der Waals surface area contributed by atoms with Gasteiger partial charge in [0.1, 0.15) is 6.10 Å². The fourth-order valence-corrected chi connectivity index (χ4v) is 5.60. The molecule has 0 saturated carbocycles. The lowest BCUT2D eigenvalue weighted by Gasteiger charge is -2.48. The minimum Gasteiger partial charge on any atom is -0.519 e. The first-order valence-corrected chi connectivity index (χ1v) is 17.2. The van der Waals surface area contributed by atoms with Gasteiger partial charge in [0.15, 0.2) is 5.79 Å². The van der Waals surface area contributed by atoms with Crippen LogP contribution in [0.5, 0.6) is 0 Å². The lowest BCUT2D eigenvalue weighted by atomic mass is 9.82. The van der Waals surface area contributed by atoms with Crippen molar-refractivity contribution in [2.45, 2.75) is 124 Å². The van der Waals surface area contributed by atoms with Gasteiger partial charge in [0.2, 0.25) is 0 Å². The van der Waals surface area contributed by atoms with Crippen LogP contribution in [0.15, 0.2) is 54.5 Å². The molecule has 38 heavy (non-hydrogen) atoms. The molecule has 0 spiro atoms. The van der Waals surface area contributed by atoms with Crippen LogP contribution < -0.4 is 0 Å². The maximum atomic E-state index is 6.63. The molecule has 1 saturated heterocycles. The van der Waals surface area contributed by atoms with Crippen molar-refractivity contribution in [3.8, 4) is 0 Å². The highest BCUT2D eigenvalue weighted by molar-refractivity contribution is 6.74. The van der Waals surface area contributed by atoms with E-state index in [2.05, 4.69) is 73.3 Å². The smallest absolute Gasteiger partial charge is 0.261 e. The zero-order chi connectivity index (χ0) is 28.7. The van der Waals surface area contributed by atoms with Gasteiger partial charge in [-0.05, 0) is 69.0 Å². The summed E-state index contributed by atoms with van der Waals surface area (Å²) in [5.41, 5.74) is 2.14. The van der Waals surface area contributed by atoms with Gasteiger partial charge in [-0.1, -0.05) is 78.5 Å². The van der Waals surface area contributed by atoms with Gasteiger partial charge in [-0.25, -0.2) is 0 Å². The van der Waals surface area contributed by atoms with Gasteiger partial charge < -0.3 is 23.4 Å². The van der Waals surface area contributed by atoms with Crippen LogP contribution in [0.25, 0.3) is 0 Å². The zero-order valence-electron chi connectivity index (χ0n) is 25.9. The summed E-state index contributed by atoms with van der Waals surface area (Å²) in [6.07, 6.45) is 3.39. The molecule has 5 atom stereocenters. The average molecular weight is 547 g/mol. The summed E-state index contributed by atoms with van der Waals surface area (Å²) in [5, 5.41) is 0.0751. The highest BCUT2D eigenvalue weighted by Crippen LogP contribution is 2.41.